The van der Waals surface area contributed by atoms with Crippen LogP contribution >= 0.6 is 0 Å². The van der Waals surface area contributed by atoms with Gasteiger partial charge in [0.05, 0.1) is 13.0 Å². The Kier molecular flexibility index (Phi) is 5.36. The lowest BCUT2D eigenvalue weighted by Gasteiger charge is -2.25. The van der Waals surface area contributed by atoms with Crippen LogP contribution in [0.3, 0.4) is 0 Å². The maximum absolute atomic E-state index is 11.9. The van der Waals surface area contributed by atoms with Crippen LogP contribution in [0.1, 0.15) is 24.3 Å². The number of rotatable bonds is 5. The Labute approximate surface area is 114 Å². The van der Waals surface area contributed by atoms with Gasteiger partial charge in [-0.05, 0) is 18.4 Å². The van der Waals surface area contributed by atoms with Crippen molar-refractivity contribution in [3.63, 3.8) is 0 Å². The molecule has 0 radical (unpaired) electrons. The predicted molar refractivity (Wildman–Crippen MR) is 73.0 cm³/mol. The van der Waals surface area contributed by atoms with Crippen molar-refractivity contribution in [3.05, 3.63) is 35.9 Å². The van der Waals surface area contributed by atoms with Crippen molar-refractivity contribution in [2.24, 2.45) is 0 Å². The minimum absolute atomic E-state index is 0.189. The fourth-order valence-corrected chi connectivity index (χ4v) is 2.35. The molecule has 1 aliphatic rings. The summed E-state index contributed by atoms with van der Waals surface area (Å²) in [5.74, 6) is -0.431. The van der Waals surface area contributed by atoms with Gasteiger partial charge in [0.1, 0.15) is 0 Å². The zero-order valence-electron chi connectivity index (χ0n) is 11.3. The van der Waals surface area contributed by atoms with Crippen LogP contribution in [0.5, 0.6) is 0 Å². The monoisotopic (exact) mass is 263 g/mol. The highest BCUT2D eigenvalue weighted by atomic mass is 16.5. The Hall–Kier alpha value is -1.39. The molecule has 1 unspecified atom stereocenters. The normalized spacial score (nSPS) is 17.9. The van der Waals surface area contributed by atoms with Gasteiger partial charge in [-0.25, -0.2) is 0 Å². The second-order valence-corrected chi connectivity index (χ2v) is 4.78. The van der Waals surface area contributed by atoms with Gasteiger partial charge >= 0.3 is 5.97 Å². The molecule has 19 heavy (non-hydrogen) atoms. The van der Waals surface area contributed by atoms with Crippen molar-refractivity contribution >= 4 is 5.97 Å². The fourth-order valence-electron chi connectivity index (χ4n) is 2.35. The molecule has 1 aromatic carbocycles. The van der Waals surface area contributed by atoms with Crippen LogP contribution in [-0.2, 0) is 14.3 Å². The van der Waals surface area contributed by atoms with E-state index >= 15 is 0 Å². The van der Waals surface area contributed by atoms with Gasteiger partial charge < -0.3 is 14.8 Å². The molecule has 0 aromatic heterocycles. The average molecular weight is 263 g/mol. The third kappa shape index (κ3) is 4.04. The summed E-state index contributed by atoms with van der Waals surface area (Å²) in [6, 6.07) is 10.2. The molecule has 104 valence electrons. The average Bonchev–Trinajstić information content (AvgIpc) is 2.49. The zero-order valence-corrected chi connectivity index (χ0v) is 11.3. The minimum atomic E-state index is -0.242. The summed E-state index contributed by atoms with van der Waals surface area (Å²) in [5.41, 5.74) is 0.994. The number of methoxy groups -OCH3 is 1. The van der Waals surface area contributed by atoms with Gasteiger partial charge in [0.15, 0.2) is 0 Å². The number of nitrogens with one attached hydrogen (secondary N) is 1. The molecule has 1 aromatic rings. The first kappa shape index (κ1) is 14.0. The Morgan fingerprint density at radius 1 is 1.37 bits per heavy atom. The van der Waals surface area contributed by atoms with Crippen molar-refractivity contribution in [3.8, 4) is 0 Å². The number of carbonyl (C=O) groups is 1. The number of ether oxygens (including phenoxy) is 2. The third-order valence-corrected chi connectivity index (χ3v) is 3.52. The minimum Gasteiger partial charge on any atom is -0.469 e. The van der Waals surface area contributed by atoms with Crippen molar-refractivity contribution in [2.75, 3.05) is 26.9 Å². The number of hydrogen-bond acceptors (Lipinski definition) is 4. The molecule has 1 heterocycles. The predicted octanol–water partition coefficient (Wildman–Crippen LogP) is 1.71. The molecule has 0 aliphatic carbocycles. The van der Waals surface area contributed by atoms with E-state index in [1.807, 2.05) is 30.3 Å². The molecule has 0 saturated carbocycles. The van der Waals surface area contributed by atoms with Gasteiger partial charge in [-0.3, -0.25) is 4.79 Å². The van der Waals surface area contributed by atoms with E-state index in [9.17, 15) is 4.79 Å². The lowest BCUT2D eigenvalue weighted by atomic mass is 9.98. The molecule has 2 rings (SSSR count). The highest BCUT2D eigenvalue weighted by molar-refractivity contribution is 5.78. The summed E-state index contributed by atoms with van der Waals surface area (Å²) >= 11 is 0. The number of esters is 1. The third-order valence-electron chi connectivity index (χ3n) is 3.52. The van der Waals surface area contributed by atoms with E-state index in [-0.39, 0.29) is 11.9 Å². The van der Waals surface area contributed by atoms with Crippen LogP contribution in [0.15, 0.2) is 30.3 Å². The van der Waals surface area contributed by atoms with Crippen molar-refractivity contribution in [1.29, 1.82) is 0 Å². The second-order valence-electron chi connectivity index (χ2n) is 4.78. The maximum Gasteiger partial charge on any atom is 0.314 e. The largest absolute Gasteiger partial charge is 0.469 e. The van der Waals surface area contributed by atoms with Gasteiger partial charge in [-0.2, -0.15) is 0 Å². The molecule has 1 aliphatic heterocycles. The standard InChI is InChI=1S/C15H21NO3/c1-18-15(17)14(12-5-3-2-4-6-12)11-16-13-7-9-19-10-8-13/h2-6,13-14,16H,7-11H2,1H3. The number of benzene rings is 1. The van der Waals surface area contributed by atoms with E-state index in [1.165, 1.54) is 7.11 Å². The summed E-state index contributed by atoms with van der Waals surface area (Å²) in [6.07, 6.45) is 2.01. The highest BCUT2D eigenvalue weighted by Gasteiger charge is 2.23. The maximum atomic E-state index is 11.9. The van der Waals surface area contributed by atoms with E-state index in [1.54, 1.807) is 0 Å². The Morgan fingerprint density at radius 3 is 2.68 bits per heavy atom. The molecule has 4 nitrogen and oxygen atoms in total. The van der Waals surface area contributed by atoms with E-state index < -0.39 is 0 Å². The first-order valence-corrected chi connectivity index (χ1v) is 6.75. The van der Waals surface area contributed by atoms with E-state index in [0.717, 1.165) is 31.6 Å². The van der Waals surface area contributed by atoms with Gasteiger partial charge in [-0.1, -0.05) is 30.3 Å². The van der Waals surface area contributed by atoms with Crippen LogP contribution in [-0.4, -0.2) is 38.9 Å². The number of carbonyl (C=O) groups excluding carboxylic acids is 1. The first-order valence-electron chi connectivity index (χ1n) is 6.75. The van der Waals surface area contributed by atoms with Crippen molar-refractivity contribution < 1.29 is 14.3 Å². The Morgan fingerprint density at radius 2 is 2.05 bits per heavy atom. The second kappa shape index (κ2) is 7.26. The smallest absolute Gasteiger partial charge is 0.314 e. The lowest BCUT2D eigenvalue weighted by Crippen LogP contribution is -2.38. The molecule has 0 spiro atoms. The van der Waals surface area contributed by atoms with Crippen molar-refractivity contribution in [1.82, 2.24) is 5.32 Å². The topological polar surface area (TPSA) is 47.6 Å². The Balaban J connectivity index is 1.96. The highest BCUT2D eigenvalue weighted by Crippen LogP contribution is 2.17. The van der Waals surface area contributed by atoms with Gasteiger partial charge in [0.25, 0.3) is 0 Å². The first-order chi connectivity index (χ1) is 9.31. The SMILES string of the molecule is COC(=O)C(CNC1CCOCC1)c1ccccc1. The molecular weight excluding hydrogens is 242 g/mol. The summed E-state index contributed by atoms with van der Waals surface area (Å²) in [6.45, 7) is 2.21. The van der Waals surface area contributed by atoms with Gasteiger partial charge in [0.2, 0.25) is 0 Å². The molecule has 1 N–H and O–H groups in total. The number of hydrogen-bond donors (Lipinski definition) is 1. The molecular formula is C15H21NO3. The summed E-state index contributed by atoms with van der Waals surface area (Å²) in [4.78, 5) is 11.9. The zero-order chi connectivity index (χ0) is 13.5. The van der Waals surface area contributed by atoms with Crippen LogP contribution in [0, 0.1) is 0 Å². The summed E-state index contributed by atoms with van der Waals surface area (Å²) in [5, 5.41) is 3.45. The van der Waals surface area contributed by atoms with Gasteiger partial charge in [0, 0.05) is 25.8 Å². The molecule has 0 amide bonds. The summed E-state index contributed by atoms with van der Waals surface area (Å²) in [7, 11) is 1.44. The van der Waals surface area contributed by atoms with Crippen LogP contribution in [0.2, 0.25) is 0 Å². The van der Waals surface area contributed by atoms with Crippen LogP contribution in [0.4, 0.5) is 0 Å². The molecule has 1 saturated heterocycles. The molecule has 1 atom stereocenters. The molecule has 4 heteroatoms. The lowest BCUT2D eigenvalue weighted by molar-refractivity contribution is -0.142. The molecule has 0 bridgehead atoms. The molecule has 1 fully saturated rings. The van der Waals surface area contributed by atoms with Gasteiger partial charge in [-0.15, -0.1) is 0 Å². The fraction of sp³-hybridized carbons (Fsp3) is 0.533. The Bertz CT molecular complexity index is 388. The van der Waals surface area contributed by atoms with E-state index in [4.69, 9.17) is 9.47 Å². The van der Waals surface area contributed by atoms with Crippen molar-refractivity contribution in [2.45, 2.75) is 24.8 Å². The van der Waals surface area contributed by atoms with Crippen LogP contribution < -0.4 is 5.32 Å². The quantitative estimate of drug-likeness (QED) is 0.822. The summed E-state index contributed by atoms with van der Waals surface area (Å²) < 4.78 is 10.2. The van der Waals surface area contributed by atoms with Crippen LogP contribution in [0.25, 0.3) is 0 Å². The van der Waals surface area contributed by atoms with E-state index in [2.05, 4.69) is 5.32 Å². The van der Waals surface area contributed by atoms with E-state index in [0.29, 0.717) is 12.6 Å².